The van der Waals surface area contributed by atoms with Crippen LogP contribution in [0.2, 0.25) is 0 Å². The number of cyclic esters (lactones) is 1. The van der Waals surface area contributed by atoms with Gasteiger partial charge >= 0.3 is 5.97 Å². The summed E-state index contributed by atoms with van der Waals surface area (Å²) in [5.74, 6) is -0.549. The minimum Gasteiger partial charge on any atom is -0.497 e. The van der Waals surface area contributed by atoms with E-state index in [1.807, 2.05) is 85.0 Å². The molecule has 0 aromatic heterocycles. The predicted molar refractivity (Wildman–Crippen MR) is 163 cm³/mol. The van der Waals surface area contributed by atoms with Crippen molar-refractivity contribution in [2.75, 3.05) is 7.11 Å². The van der Waals surface area contributed by atoms with Crippen molar-refractivity contribution >= 4 is 29.7 Å². The van der Waals surface area contributed by atoms with Crippen molar-refractivity contribution in [2.24, 2.45) is 5.92 Å². The molecule has 0 radical (unpaired) electrons. The van der Waals surface area contributed by atoms with Crippen molar-refractivity contribution in [3.05, 3.63) is 149 Å². The number of rotatable bonds is 9. The van der Waals surface area contributed by atoms with Gasteiger partial charge in [0, 0.05) is 29.4 Å². The van der Waals surface area contributed by atoms with Gasteiger partial charge in [0.15, 0.2) is 11.6 Å². The largest absolute Gasteiger partial charge is 0.497 e. The Morgan fingerprint density at radius 1 is 0.738 bits per heavy atom. The second-order valence-electron chi connectivity index (χ2n) is 10.6. The Bertz CT molecular complexity index is 1680. The molecule has 6 rings (SSSR count). The van der Waals surface area contributed by atoms with Gasteiger partial charge in [-0.15, -0.1) is 0 Å². The highest BCUT2D eigenvalue weighted by Crippen LogP contribution is 2.54. The summed E-state index contributed by atoms with van der Waals surface area (Å²) in [7, 11) is 1.59. The van der Waals surface area contributed by atoms with Gasteiger partial charge in [-0.2, -0.15) is 0 Å². The molecule has 0 N–H and O–H groups in total. The maximum Gasteiger partial charge on any atom is 0.310 e. The third kappa shape index (κ3) is 5.34. The lowest BCUT2D eigenvalue weighted by molar-refractivity contribution is -0.143. The number of esters is 1. The summed E-state index contributed by atoms with van der Waals surface area (Å²) in [6.45, 7) is 0. The van der Waals surface area contributed by atoms with Crippen molar-refractivity contribution in [3.8, 4) is 5.75 Å². The van der Waals surface area contributed by atoms with Crippen molar-refractivity contribution in [3.63, 3.8) is 0 Å². The minimum absolute atomic E-state index is 0.0179. The van der Waals surface area contributed by atoms with Crippen LogP contribution in [0.15, 0.2) is 115 Å². The molecule has 0 unspecified atom stereocenters. The summed E-state index contributed by atoms with van der Waals surface area (Å²) in [6.07, 6.45) is 7.02. The summed E-state index contributed by atoms with van der Waals surface area (Å²) < 4.78 is 11.1. The number of Topliss-reactive ketones (excluding diaryl/α,β-unsaturated/α-hetero) is 1. The summed E-state index contributed by atoms with van der Waals surface area (Å²) in [4.78, 5) is 39.2. The molecule has 0 saturated carbocycles. The lowest BCUT2D eigenvalue weighted by Gasteiger charge is -2.16. The summed E-state index contributed by atoms with van der Waals surface area (Å²) >= 11 is 0. The van der Waals surface area contributed by atoms with Gasteiger partial charge in [-0.05, 0) is 58.7 Å². The Balaban J connectivity index is 1.24. The molecule has 0 amide bonds. The molecule has 2 aliphatic rings. The Kier molecular flexibility index (Phi) is 7.65. The Morgan fingerprint density at radius 2 is 1.38 bits per heavy atom. The molecule has 1 saturated heterocycles. The summed E-state index contributed by atoms with van der Waals surface area (Å²) in [5.41, 5.74) is 5.10. The monoisotopic (exact) mass is 554 g/mol. The molecule has 1 aliphatic carbocycles. The number of methoxy groups -OCH3 is 1. The van der Waals surface area contributed by atoms with Crippen molar-refractivity contribution in [1.82, 2.24) is 0 Å². The van der Waals surface area contributed by atoms with Crippen LogP contribution in [0.4, 0.5) is 0 Å². The van der Waals surface area contributed by atoms with Gasteiger partial charge < -0.3 is 9.47 Å². The van der Waals surface area contributed by atoms with Crippen LogP contribution in [-0.4, -0.2) is 30.7 Å². The Morgan fingerprint density at radius 3 is 2.10 bits per heavy atom. The summed E-state index contributed by atoms with van der Waals surface area (Å²) in [6, 6.07) is 32.0. The molecular weight excluding hydrogens is 524 g/mol. The van der Waals surface area contributed by atoms with Gasteiger partial charge in [-0.25, -0.2) is 0 Å². The zero-order valence-electron chi connectivity index (χ0n) is 23.2. The maximum atomic E-state index is 13.3. The van der Waals surface area contributed by atoms with E-state index in [1.165, 1.54) is 0 Å². The average Bonchev–Trinajstić information content (AvgIpc) is 3.54. The molecule has 208 valence electrons. The number of allylic oxidation sites excluding steroid dienone is 1. The van der Waals surface area contributed by atoms with Crippen LogP contribution < -0.4 is 4.74 Å². The van der Waals surface area contributed by atoms with Gasteiger partial charge in [0.1, 0.15) is 11.9 Å². The quantitative estimate of drug-likeness (QED) is 0.123. The standard InChI is InChI=1S/C37H30O5/c1-41-28-19-15-27(16-20-28)33(39)23-31-29-13-7-8-14-30(29)35-34(42-37(40)36(31)35)22-18-25-10-6-5-9-24(25)17-21-32(38)26-11-3-2-4-12-26/h2-22,31,34-36H,23H2,1H3/b21-17+,22-18+/t31-,34+,35-,36-/m0/s1. The smallest absolute Gasteiger partial charge is 0.310 e. The fraction of sp³-hybridized carbons (Fsp3) is 0.162. The molecular formula is C37H30O5. The second-order valence-corrected chi connectivity index (χ2v) is 10.6. The summed E-state index contributed by atoms with van der Waals surface area (Å²) in [5, 5.41) is 0. The molecule has 4 aromatic rings. The van der Waals surface area contributed by atoms with Crippen LogP contribution in [0.1, 0.15) is 61.2 Å². The van der Waals surface area contributed by atoms with Crippen LogP contribution in [0.25, 0.3) is 12.2 Å². The highest BCUT2D eigenvalue weighted by molar-refractivity contribution is 6.07. The van der Waals surface area contributed by atoms with E-state index >= 15 is 0 Å². The third-order valence-corrected chi connectivity index (χ3v) is 8.20. The normalized spacial score (nSPS) is 20.8. The number of fused-ring (bicyclic) bond motifs is 3. The van der Waals surface area contributed by atoms with Crippen molar-refractivity contribution < 1.29 is 23.9 Å². The first kappa shape index (κ1) is 27.2. The second kappa shape index (κ2) is 11.8. The van der Waals surface area contributed by atoms with Gasteiger partial charge in [-0.3, -0.25) is 14.4 Å². The first-order valence-corrected chi connectivity index (χ1v) is 14.0. The molecule has 0 bridgehead atoms. The third-order valence-electron chi connectivity index (χ3n) is 8.20. The van der Waals surface area contributed by atoms with Crippen LogP contribution in [0, 0.1) is 5.92 Å². The number of hydrogen-bond acceptors (Lipinski definition) is 5. The minimum atomic E-state index is -0.465. The molecule has 1 heterocycles. The van der Waals surface area contributed by atoms with Gasteiger partial charge in [0.2, 0.25) is 0 Å². The van der Waals surface area contributed by atoms with E-state index in [4.69, 9.17) is 9.47 Å². The topological polar surface area (TPSA) is 69.7 Å². The van der Waals surface area contributed by atoms with E-state index in [0.717, 1.165) is 22.3 Å². The fourth-order valence-corrected chi connectivity index (χ4v) is 6.13. The van der Waals surface area contributed by atoms with Gasteiger partial charge in [0.05, 0.1) is 13.0 Å². The van der Waals surface area contributed by atoms with Gasteiger partial charge in [0.25, 0.3) is 0 Å². The van der Waals surface area contributed by atoms with Crippen molar-refractivity contribution in [2.45, 2.75) is 24.4 Å². The number of ketones is 2. The zero-order chi connectivity index (χ0) is 29.1. The van der Waals surface area contributed by atoms with Crippen LogP contribution in [0.3, 0.4) is 0 Å². The Labute approximate surface area is 245 Å². The van der Waals surface area contributed by atoms with E-state index in [0.29, 0.717) is 16.9 Å². The predicted octanol–water partition coefficient (Wildman–Crippen LogP) is 7.30. The molecule has 42 heavy (non-hydrogen) atoms. The highest BCUT2D eigenvalue weighted by Gasteiger charge is 2.54. The lowest BCUT2D eigenvalue weighted by atomic mass is 9.82. The molecule has 5 heteroatoms. The number of hydrogen-bond donors (Lipinski definition) is 0. The fourth-order valence-electron chi connectivity index (χ4n) is 6.13. The van der Waals surface area contributed by atoms with E-state index in [-0.39, 0.29) is 35.8 Å². The molecule has 0 spiro atoms. The van der Waals surface area contributed by atoms with E-state index in [2.05, 4.69) is 0 Å². The molecule has 5 nitrogen and oxygen atoms in total. The lowest BCUT2D eigenvalue weighted by Crippen LogP contribution is -2.19. The van der Waals surface area contributed by atoms with E-state index in [1.54, 1.807) is 49.6 Å². The Hall–Kier alpha value is -5.03. The first-order valence-electron chi connectivity index (χ1n) is 14.0. The molecule has 4 aromatic carbocycles. The number of benzene rings is 4. The molecule has 1 fully saturated rings. The number of ether oxygens (including phenoxy) is 2. The highest BCUT2D eigenvalue weighted by atomic mass is 16.6. The number of carbonyl (C=O) groups excluding carboxylic acids is 3. The first-order chi connectivity index (χ1) is 20.5. The zero-order valence-corrected chi connectivity index (χ0v) is 23.2. The SMILES string of the molecule is COc1ccc(C(=O)C[C@H]2c3ccccc3[C@@H]3[C@H]2C(=O)O[C@@H]3/C=C/c2ccccc2/C=C/C(=O)c2ccccc2)cc1. The molecule has 1 aliphatic heterocycles. The van der Waals surface area contributed by atoms with Crippen LogP contribution in [0.5, 0.6) is 5.75 Å². The van der Waals surface area contributed by atoms with Crippen LogP contribution >= 0.6 is 0 Å². The van der Waals surface area contributed by atoms with Crippen LogP contribution in [-0.2, 0) is 9.53 Å². The van der Waals surface area contributed by atoms with E-state index < -0.39 is 12.0 Å². The van der Waals surface area contributed by atoms with Gasteiger partial charge in [-0.1, -0.05) is 91.0 Å². The van der Waals surface area contributed by atoms with E-state index in [9.17, 15) is 14.4 Å². The molecule has 4 atom stereocenters. The average molecular weight is 555 g/mol. The van der Waals surface area contributed by atoms with Crippen molar-refractivity contribution in [1.29, 1.82) is 0 Å². The number of carbonyl (C=O) groups is 3. The maximum absolute atomic E-state index is 13.3.